The van der Waals surface area contributed by atoms with E-state index >= 15 is 0 Å². The predicted octanol–water partition coefficient (Wildman–Crippen LogP) is 2.33. The van der Waals surface area contributed by atoms with Crippen LogP contribution in [0.15, 0.2) is 30.5 Å². The topological polar surface area (TPSA) is 109 Å². The maximum Gasteiger partial charge on any atom is 0.256 e. The molecule has 4 heterocycles. The first-order chi connectivity index (χ1) is 14.7. The first kappa shape index (κ1) is 18.6. The van der Waals surface area contributed by atoms with E-state index in [4.69, 9.17) is 4.84 Å². The van der Waals surface area contributed by atoms with Crippen molar-refractivity contribution in [1.29, 1.82) is 0 Å². The van der Waals surface area contributed by atoms with Crippen LogP contribution in [-0.2, 0) is 4.84 Å². The Kier molecular flexibility index (Phi) is 4.83. The van der Waals surface area contributed by atoms with Crippen molar-refractivity contribution in [2.24, 2.45) is 0 Å². The lowest BCUT2D eigenvalue weighted by Crippen LogP contribution is -2.30. The Balaban J connectivity index is 1.44. The number of carbonyl (C=O) groups is 1. The molecule has 0 aromatic carbocycles. The number of nitrogens with zero attached hydrogens (tertiary/aromatic N) is 5. The fourth-order valence-corrected chi connectivity index (χ4v) is 3.40. The third kappa shape index (κ3) is 3.73. The Morgan fingerprint density at radius 1 is 1.20 bits per heavy atom. The van der Waals surface area contributed by atoms with Crippen molar-refractivity contribution in [2.75, 3.05) is 35.9 Å². The summed E-state index contributed by atoms with van der Waals surface area (Å²) in [6.45, 7) is 1.52. The van der Waals surface area contributed by atoms with Gasteiger partial charge in [-0.25, -0.2) is 15.0 Å². The molecule has 1 aliphatic carbocycles. The number of hydrogen-bond donors (Lipinski definition) is 3. The average molecular weight is 408 g/mol. The summed E-state index contributed by atoms with van der Waals surface area (Å²) in [4.78, 5) is 27.6. The van der Waals surface area contributed by atoms with Crippen LogP contribution in [0.4, 0.5) is 23.3 Å². The lowest BCUT2D eigenvalue weighted by atomic mass is 10.3. The Morgan fingerprint density at radius 3 is 2.87 bits per heavy atom. The van der Waals surface area contributed by atoms with E-state index in [1.807, 2.05) is 29.3 Å². The third-order valence-electron chi connectivity index (χ3n) is 5.13. The first-order valence-corrected chi connectivity index (χ1v) is 10.2. The van der Waals surface area contributed by atoms with E-state index in [2.05, 4.69) is 31.0 Å². The molecule has 2 fully saturated rings. The van der Waals surface area contributed by atoms with Crippen molar-refractivity contribution in [3.8, 4) is 0 Å². The minimum absolute atomic E-state index is 0.151. The van der Waals surface area contributed by atoms with Crippen LogP contribution in [0.1, 0.15) is 36.0 Å². The van der Waals surface area contributed by atoms with Gasteiger partial charge in [0, 0.05) is 25.7 Å². The number of aromatic nitrogens is 4. The number of pyridine rings is 1. The lowest BCUT2D eigenvalue weighted by Gasteiger charge is -2.27. The van der Waals surface area contributed by atoms with Gasteiger partial charge in [-0.1, -0.05) is 6.07 Å². The minimum Gasteiger partial charge on any atom is -0.373 e. The van der Waals surface area contributed by atoms with Crippen LogP contribution in [-0.4, -0.2) is 51.7 Å². The highest BCUT2D eigenvalue weighted by molar-refractivity contribution is 6.00. The van der Waals surface area contributed by atoms with Crippen molar-refractivity contribution < 1.29 is 9.63 Å². The molecule has 1 saturated carbocycles. The molecule has 1 amide bonds. The fourth-order valence-electron chi connectivity index (χ4n) is 3.40. The number of hydrogen-bond acceptors (Lipinski definition) is 8. The fraction of sp³-hybridized carbons (Fsp3) is 0.400. The Labute approximate surface area is 173 Å². The van der Waals surface area contributed by atoms with Crippen molar-refractivity contribution in [1.82, 2.24) is 24.9 Å². The monoisotopic (exact) mass is 408 g/mol. The summed E-state index contributed by atoms with van der Waals surface area (Å²) < 4.78 is 1.62. The molecular weight excluding hydrogens is 384 g/mol. The Bertz CT molecular complexity index is 1070. The molecule has 3 aromatic heterocycles. The van der Waals surface area contributed by atoms with E-state index in [0.29, 0.717) is 35.3 Å². The molecular formula is C20H24N8O2. The molecule has 5 rings (SSSR count). The Morgan fingerprint density at radius 2 is 2.10 bits per heavy atom. The van der Waals surface area contributed by atoms with Gasteiger partial charge < -0.3 is 16.0 Å². The van der Waals surface area contributed by atoms with Gasteiger partial charge in [0.1, 0.15) is 23.0 Å². The Hall–Kier alpha value is -3.40. The molecule has 1 aliphatic heterocycles. The van der Waals surface area contributed by atoms with E-state index in [1.165, 1.54) is 0 Å². The summed E-state index contributed by atoms with van der Waals surface area (Å²) in [5.41, 5.74) is 0.934. The van der Waals surface area contributed by atoms with E-state index in [0.717, 1.165) is 38.0 Å². The highest BCUT2D eigenvalue weighted by atomic mass is 16.7. The summed E-state index contributed by atoms with van der Waals surface area (Å²) in [5.74, 6) is 2.52. The molecule has 2 aliphatic rings. The second kappa shape index (κ2) is 7.79. The predicted molar refractivity (Wildman–Crippen MR) is 113 cm³/mol. The lowest BCUT2D eigenvalue weighted by molar-refractivity contribution is 0.0762. The maximum absolute atomic E-state index is 12.6. The van der Waals surface area contributed by atoms with Gasteiger partial charge in [0.05, 0.1) is 12.8 Å². The second-order valence-electron chi connectivity index (χ2n) is 7.47. The molecule has 0 radical (unpaired) electrons. The van der Waals surface area contributed by atoms with Crippen LogP contribution in [0, 0.1) is 0 Å². The summed E-state index contributed by atoms with van der Waals surface area (Å²) in [6, 6.07) is 7.81. The molecule has 0 bridgehead atoms. The average Bonchev–Trinajstić information content (AvgIpc) is 3.49. The summed E-state index contributed by atoms with van der Waals surface area (Å²) in [6.07, 6.45) is 5.74. The van der Waals surface area contributed by atoms with Gasteiger partial charge in [0.25, 0.3) is 5.91 Å². The van der Waals surface area contributed by atoms with Crippen LogP contribution in [0.25, 0.3) is 5.65 Å². The molecule has 0 unspecified atom stereocenters. The molecule has 0 atom stereocenters. The normalized spacial score (nSPS) is 16.5. The standard InChI is InChI=1S/C20H24N8O2/c1-21-18-11-16(24-15-5-4-6-17(25-15)27-9-2-3-10-30-27)26-19-14(12-22-28(18)19)20(29)23-13-7-8-13/h4-6,11-13,21H,2-3,7-10H2,1H3,(H,23,29)(H,24,25,26). The zero-order valence-electron chi connectivity index (χ0n) is 16.8. The van der Waals surface area contributed by atoms with Gasteiger partial charge in [-0.3, -0.25) is 9.63 Å². The molecule has 156 valence electrons. The van der Waals surface area contributed by atoms with Crippen molar-refractivity contribution >= 4 is 34.8 Å². The van der Waals surface area contributed by atoms with Gasteiger partial charge in [-0.2, -0.15) is 9.61 Å². The van der Waals surface area contributed by atoms with E-state index in [1.54, 1.807) is 17.8 Å². The number of carbonyl (C=O) groups excluding carboxylic acids is 1. The summed E-state index contributed by atoms with van der Waals surface area (Å²) >= 11 is 0. The second-order valence-corrected chi connectivity index (χ2v) is 7.47. The van der Waals surface area contributed by atoms with Gasteiger partial charge in [-0.15, -0.1) is 0 Å². The number of anilines is 4. The first-order valence-electron chi connectivity index (χ1n) is 10.2. The van der Waals surface area contributed by atoms with Gasteiger partial charge >= 0.3 is 0 Å². The maximum atomic E-state index is 12.6. The summed E-state index contributed by atoms with van der Waals surface area (Å²) in [5, 5.41) is 15.5. The van der Waals surface area contributed by atoms with Crippen molar-refractivity contribution in [2.45, 2.75) is 31.7 Å². The SMILES string of the molecule is CNc1cc(Nc2cccc(N3CCCCO3)n2)nc2c(C(=O)NC3CC3)cnn12. The van der Waals surface area contributed by atoms with Crippen molar-refractivity contribution in [3.05, 3.63) is 36.0 Å². The molecule has 10 nitrogen and oxygen atoms in total. The van der Waals surface area contributed by atoms with Crippen molar-refractivity contribution in [3.63, 3.8) is 0 Å². The molecule has 3 aromatic rings. The number of amides is 1. The van der Waals surface area contributed by atoms with Gasteiger partial charge in [-0.05, 0) is 37.8 Å². The zero-order chi connectivity index (χ0) is 20.5. The minimum atomic E-state index is -0.151. The summed E-state index contributed by atoms with van der Waals surface area (Å²) in [7, 11) is 1.80. The molecule has 3 N–H and O–H groups in total. The highest BCUT2D eigenvalue weighted by Gasteiger charge is 2.26. The largest absolute Gasteiger partial charge is 0.373 e. The molecule has 1 saturated heterocycles. The van der Waals surface area contributed by atoms with Gasteiger partial charge in [0.2, 0.25) is 0 Å². The number of nitrogens with one attached hydrogen (secondary N) is 3. The highest BCUT2D eigenvalue weighted by Crippen LogP contribution is 2.24. The number of hydroxylamine groups is 1. The van der Waals surface area contributed by atoms with Gasteiger partial charge in [0.15, 0.2) is 11.5 Å². The number of rotatable bonds is 6. The third-order valence-corrected chi connectivity index (χ3v) is 5.13. The van der Waals surface area contributed by atoms with Crippen LogP contribution in [0.3, 0.4) is 0 Å². The van der Waals surface area contributed by atoms with E-state index in [-0.39, 0.29) is 11.9 Å². The molecule has 10 heteroatoms. The van der Waals surface area contributed by atoms with E-state index < -0.39 is 0 Å². The zero-order valence-corrected chi connectivity index (χ0v) is 16.8. The van der Waals surface area contributed by atoms with Crippen LogP contribution in [0.5, 0.6) is 0 Å². The molecule has 30 heavy (non-hydrogen) atoms. The van der Waals surface area contributed by atoms with E-state index in [9.17, 15) is 4.79 Å². The quantitative estimate of drug-likeness (QED) is 0.570. The number of fused-ring (bicyclic) bond motifs is 1. The molecule has 0 spiro atoms. The van der Waals surface area contributed by atoms with Crippen LogP contribution >= 0.6 is 0 Å². The smallest absolute Gasteiger partial charge is 0.256 e. The van der Waals surface area contributed by atoms with Crippen LogP contribution in [0.2, 0.25) is 0 Å². The van der Waals surface area contributed by atoms with Crippen LogP contribution < -0.4 is 21.0 Å².